The lowest BCUT2D eigenvalue weighted by Crippen LogP contribution is -2.45. The van der Waals surface area contributed by atoms with Gasteiger partial charge in [0, 0.05) is 12.0 Å². The molecule has 134 valence electrons. The van der Waals surface area contributed by atoms with Crippen molar-refractivity contribution < 1.29 is 19.7 Å². The summed E-state index contributed by atoms with van der Waals surface area (Å²) >= 11 is 0. The topological polar surface area (TPSA) is 70.0 Å². The van der Waals surface area contributed by atoms with Crippen molar-refractivity contribution in [3.8, 4) is 5.75 Å². The van der Waals surface area contributed by atoms with E-state index >= 15 is 0 Å². The Morgan fingerprint density at radius 1 is 1.33 bits per heavy atom. The Morgan fingerprint density at radius 2 is 1.96 bits per heavy atom. The lowest BCUT2D eigenvalue weighted by molar-refractivity contribution is 0.111. The van der Waals surface area contributed by atoms with Gasteiger partial charge in [-0.3, -0.25) is 4.90 Å². The fraction of sp³-hybridized carbons (Fsp3) is 0.632. The molecule has 5 heteroatoms. The third-order valence-corrected chi connectivity index (χ3v) is 4.76. The molecule has 1 fully saturated rings. The first-order valence-electron chi connectivity index (χ1n) is 8.62. The molecule has 1 unspecified atom stereocenters. The van der Waals surface area contributed by atoms with Crippen molar-refractivity contribution in [2.24, 2.45) is 5.92 Å². The van der Waals surface area contributed by atoms with Crippen molar-refractivity contribution >= 4 is 11.8 Å². The highest BCUT2D eigenvalue weighted by Gasteiger charge is 2.31. The molecular formula is C19H29NO4. The molecule has 0 spiro atoms. The molecule has 1 aliphatic rings. The molecule has 2 N–H and O–H groups in total. The largest absolute Gasteiger partial charge is 0.497 e. The molecule has 0 radical (unpaired) electrons. The first-order chi connectivity index (χ1) is 11.2. The first kappa shape index (κ1) is 18.6. The molecule has 2 rings (SSSR count). The van der Waals surface area contributed by atoms with Gasteiger partial charge < -0.3 is 14.9 Å². The van der Waals surface area contributed by atoms with Gasteiger partial charge in [0.1, 0.15) is 5.75 Å². The predicted molar refractivity (Wildman–Crippen MR) is 94.9 cm³/mol. The van der Waals surface area contributed by atoms with Gasteiger partial charge in [0.2, 0.25) is 0 Å². The Balaban J connectivity index is 2.37. The van der Waals surface area contributed by atoms with Gasteiger partial charge in [-0.2, -0.15) is 0 Å². The van der Waals surface area contributed by atoms with Crippen LogP contribution in [0.15, 0.2) is 18.2 Å². The Labute approximate surface area is 144 Å². The number of anilines is 1. The van der Waals surface area contributed by atoms with Crippen LogP contribution in [0.25, 0.3) is 0 Å². The van der Waals surface area contributed by atoms with Gasteiger partial charge in [0.25, 0.3) is 0 Å². The molecular weight excluding hydrogens is 306 g/mol. The summed E-state index contributed by atoms with van der Waals surface area (Å²) in [5.74, 6) is 0.976. The molecule has 1 aliphatic carbocycles. The van der Waals surface area contributed by atoms with Crippen LogP contribution in [0.5, 0.6) is 5.75 Å². The minimum absolute atomic E-state index is 0.303. The number of amides is 1. The lowest BCUT2D eigenvalue weighted by Gasteiger charge is -2.35. The minimum Gasteiger partial charge on any atom is -0.497 e. The quantitative estimate of drug-likeness (QED) is 0.851. The maximum Gasteiger partial charge on any atom is 0.412 e. The molecule has 0 heterocycles. The molecule has 24 heavy (non-hydrogen) atoms. The van der Waals surface area contributed by atoms with E-state index in [-0.39, 0.29) is 0 Å². The second-order valence-electron chi connectivity index (χ2n) is 7.60. The maximum absolute atomic E-state index is 11.8. The molecule has 0 saturated heterocycles. The number of carbonyl (C=O) groups is 1. The van der Waals surface area contributed by atoms with Crippen LogP contribution >= 0.6 is 0 Å². The van der Waals surface area contributed by atoms with E-state index in [4.69, 9.17) is 4.74 Å². The third-order valence-electron chi connectivity index (χ3n) is 4.76. The highest BCUT2D eigenvalue weighted by atomic mass is 16.5. The fourth-order valence-electron chi connectivity index (χ4n) is 3.56. The van der Waals surface area contributed by atoms with E-state index in [0.717, 1.165) is 31.2 Å². The minimum atomic E-state index is -0.996. The Bertz CT molecular complexity index is 573. The Morgan fingerprint density at radius 3 is 2.46 bits per heavy atom. The van der Waals surface area contributed by atoms with Gasteiger partial charge in [-0.1, -0.05) is 12.8 Å². The van der Waals surface area contributed by atoms with Crippen LogP contribution in [0.2, 0.25) is 0 Å². The number of aliphatic hydroxyl groups excluding tert-OH is 1. The number of hydrogen-bond donors (Lipinski definition) is 2. The predicted octanol–water partition coefficient (Wildman–Crippen LogP) is 4.07. The van der Waals surface area contributed by atoms with Crippen LogP contribution in [0.3, 0.4) is 0 Å². The van der Waals surface area contributed by atoms with Crippen LogP contribution in [0.4, 0.5) is 10.5 Å². The van der Waals surface area contributed by atoms with Crippen molar-refractivity contribution in [3.63, 3.8) is 0 Å². The second-order valence-corrected chi connectivity index (χ2v) is 7.60. The normalized spacial score (nSPS) is 16.9. The molecule has 0 aliphatic heterocycles. The van der Waals surface area contributed by atoms with Crippen molar-refractivity contribution in [1.29, 1.82) is 0 Å². The number of rotatable bonds is 5. The number of carboxylic acid groups (broad SMARTS) is 1. The van der Waals surface area contributed by atoms with Crippen molar-refractivity contribution in [1.82, 2.24) is 0 Å². The number of hydrogen-bond acceptors (Lipinski definition) is 3. The molecule has 0 aromatic heterocycles. The van der Waals surface area contributed by atoms with E-state index in [1.54, 1.807) is 19.2 Å². The summed E-state index contributed by atoms with van der Waals surface area (Å²) in [5.41, 5.74) is 0.854. The average Bonchev–Trinajstić information content (AvgIpc) is 3.01. The van der Waals surface area contributed by atoms with Crippen LogP contribution in [0, 0.1) is 5.92 Å². The van der Waals surface area contributed by atoms with Gasteiger partial charge in [-0.25, -0.2) is 4.79 Å². The number of methoxy groups -OCH3 is 1. The molecule has 1 amide bonds. The maximum atomic E-state index is 11.8. The van der Waals surface area contributed by atoms with E-state index in [1.807, 2.05) is 26.8 Å². The summed E-state index contributed by atoms with van der Waals surface area (Å²) in [5, 5.41) is 20.3. The molecule has 1 atom stereocenters. The van der Waals surface area contributed by atoms with Gasteiger partial charge in [-0.15, -0.1) is 0 Å². The monoisotopic (exact) mass is 335 g/mol. The molecule has 0 bridgehead atoms. The third kappa shape index (κ3) is 4.20. The van der Waals surface area contributed by atoms with E-state index in [2.05, 4.69) is 0 Å². The molecule has 1 aromatic carbocycles. The fourth-order valence-corrected chi connectivity index (χ4v) is 3.56. The van der Waals surface area contributed by atoms with Crippen molar-refractivity contribution in [3.05, 3.63) is 23.8 Å². The molecule has 5 nitrogen and oxygen atoms in total. The van der Waals surface area contributed by atoms with Crippen LogP contribution in [-0.4, -0.2) is 35.1 Å². The average molecular weight is 335 g/mol. The van der Waals surface area contributed by atoms with E-state index in [9.17, 15) is 15.0 Å². The zero-order valence-electron chi connectivity index (χ0n) is 15.1. The van der Waals surface area contributed by atoms with Crippen molar-refractivity contribution in [2.45, 2.75) is 64.5 Å². The van der Waals surface area contributed by atoms with Crippen LogP contribution in [0.1, 0.15) is 52.0 Å². The molecule has 1 aromatic rings. The number of nitrogens with zero attached hydrogens (tertiary/aromatic N) is 1. The summed E-state index contributed by atoms with van der Waals surface area (Å²) < 4.78 is 5.30. The number of ether oxygens (including phenoxy) is 1. The first-order valence-corrected chi connectivity index (χ1v) is 8.62. The highest BCUT2D eigenvalue weighted by Crippen LogP contribution is 2.34. The van der Waals surface area contributed by atoms with Gasteiger partial charge >= 0.3 is 6.09 Å². The summed E-state index contributed by atoms with van der Waals surface area (Å²) in [6.45, 7) is 5.59. The van der Waals surface area contributed by atoms with E-state index in [1.165, 1.54) is 4.90 Å². The van der Waals surface area contributed by atoms with Gasteiger partial charge in [0.15, 0.2) is 0 Å². The second kappa shape index (κ2) is 7.43. The van der Waals surface area contributed by atoms with Crippen LogP contribution < -0.4 is 9.64 Å². The van der Waals surface area contributed by atoms with Crippen LogP contribution in [-0.2, 0) is 6.42 Å². The van der Waals surface area contributed by atoms with Crippen molar-refractivity contribution in [2.75, 3.05) is 12.0 Å². The summed E-state index contributed by atoms with van der Waals surface area (Å²) in [4.78, 5) is 13.2. The smallest absolute Gasteiger partial charge is 0.412 e. The van der Waals surface area contributed by atoms with Gasteiger partial charge in [0.05, 0.1) is 18.9 Å². The zero-order valence-corrected chi connectivity index (χ0v) is 15.1. The Hall–Kier alpha value is -1.75. The summed E-state index contributed by atoms with van der Waals surface area (Å²) in [6, 6.07) is 5.38. The summed E-state index contributed by atoms with van der Waals surface area (Å²) in [7, 11) is 1.59. The lowest BCUT2D eigenvalue weighted by atomic mass is 9.93. The standard InChI is InChI=1S/C19H29NO4/c1-19(2,3)20(18(22)23)16-10-9-15(24-4)11-14(16)12-17(21)13-7-5-6-8-13/h9-11,13,17,21H,5-8,12H2,1-4H3,(H,22,23). The summed E-state index contributed by atoms with van der Waals surface area (Å²) in [6.07, 6.45) is 3.41. The zero-order chi connectivity index (χ0) is 17.9. The molecule has 1 saturated carbocycles. The number of aliphatic hydroxyl groups is 1. The highest BCUT2D eigenvalue weighted by molar-refractivity contribution is 5.88. The Kier molecular flexibility index (Phi) is 5.75. The number of benzene rings is 1. The van der Waals surface area contributed by atoms with E-state index in [0.29, 0.717) is 23.8 Å². The SMILES string of the molecule is COc1ccc(N(C(=O)O)C(C)(C)C)c(CC(O)C2CCCC2)c1. The van der Waals surface area contributed by atoms with Gasteiger partial charge in [-0.05, 0) is 63.3 Å². The van der Waals surface area contributed by atoms with E-state index < -0.39 is 17.7 Å².